The van der Waals surface area contributed by atoms with Gasteiger partial charge in [-0.2, -0.15) is 0 Å². The van der Waals surface area contributed by atoms with Crippen LogP contribution in [0, 0.1) is 6.57 Å². The van der Waals surface area contributed by atoms with Crippen molar-refractivity contribution >= 4 is 32.6 Å². The summed E-state index contributed by atoms with van der Waals surface area (Å²) in [5.41, 5.74) is 2.76. The maximum atomic E-state index is 7.02. The molecule has 1 aromatic heterocycles. The fourth-order valence-corrected chi connectivity index (χ4v) is 3.45. The monoisotopic (exact) mass is 289 g/mol. The van der Waals surface area contributed by atoms with Gasteiger partial charge in [0, 0.05) is 10.9 Å². The maximum absolute atomic E-state index is 7.02. The Bertz CT molecular complexity index is 602. The minimum atomic E-state index is 0.615. The van der Waals surface area contributed by atoms with E-state index >= 15 is 0 Å². The molecule has 1 saturated carbocycles. The van der Waals surface area contributed by atoms with Crippen LogP contribution in [0.15, 0.2) is 27.3 Å². The largest absolute Gasteiger partial charge is 0.450 e. The fourth-order valence-electron chi connectivity index (χ4n) is 2.74. The summed E-state index contributed by atoms with van der Waals surface area (Å²) in [5, 5.41) is 1.16. The second-order valence-electron chi connectivity index (χ2n) is 4.56. The first kappa shape index (κ1) is 10.9. The van der Waals surface area contributed by atoms with Crippen molar-refractivity contribution in [2.75, 3.05) is 0 Å². The highest BCUT2D eigenvalue weighted by atomic mass is 79.9. The third kappa shape index (κ3) is 1.77. The average Bonchev–Trinajstić information content (AvgIpc) is 2.93. The number of benzene rings is 1. The van der Waals surface area contributed by atoms with Crippen LogP contribution in [-0.2, 0) is 0 Å². The van der Waals surface area contributed by atoms with Crippen LogP contribution < -0.4 is 0 Å². The van der Waals surface area contributed by atoms with Crippen molar-refractivity contribution in [1.82, 2.24) is 0 Å². The molecule has 0 amide bonds. The third-order valence-electron chi connectivity index (χ3n) is 3.56. The van der Waals surface area contributed by atoms with Gasteiger partial charge in [0.1, 0.15) is 5.58 Å². The van der Waals surface area contributed by atoms with Crippen molar-refractivity contribution in [1.29, 1.82) is 0 Å². The molecule has 2 aromatic rings. The molecule has 0 aliphatic heterocycles. The first-order chi connectivity index (χ1) is 8.29. The molecule has 1 aromatic carbocycles. The van der Waals surface area contributed by atoms with Crippen LogP contribution in [0.1, 0.15) is 37.2 Å². The van der Waals surface area contributed by atoms with Gasteiger partial charge in [-0.3, -0.25) is 0 Å². The molecular weight excluding hydrogens is 278 g/mol. The molecule has 2 nitrogen and oxygen atoms in total. The minimum absolute atomic E-state index is 0.615. The molecule has 3 rings (SSSR count). The van der Waals surface area contributed by atoms with Crippen LogP contribution >= 0.6 is 15.9 Å². The van der Waals surface area contributed by atoms with Gasteiger partial charge in [-0.05, 0) is 40.8 Å². The normalized spacial score (nSPS) is 16.5. The Labute approximate surface area is 109 Å². The highest BCUT2D eigenvalue weighted by molar-refractivity contribution is 9.10. The lowest BCUT2D eigenvalue weighted by atomic mass is 9.97. The first-order valence-electron chi connectivity index (χ1n) is 5.89. The van der Waals surface area contributed by atoms with E-state index in [2.05, 4.69) is 20.8 Å². The molecule has 3 heteroatoms. The van der Waals surface area contributed by atoms with E-state index in [1.807, 2.05) is 18.2 Å². The number of nitrogens with zero attached hydrogens (tertiary/aromatic N) is 1. The molecule has 1 aliphatic rings. The quantitative estimate of drug-likeness (QED) is 0.642. The summed E-state index contributed by atoms with van der Waals surface area (Å²) in [6.07, 6.45) is 5.11. The van der Waals surface area contributed by atoms with Gasteiger partial charge in [-0.25, -0.2) is 4.85 Å². The van der Waals surface area contributed by atoms with Gasteiger partial charge in [0.25, 0.3) is 0 Å². The molecule has 1 heterocycles. The Balaban J connectivity index is 2.18. The maximum Gasteiger partial charge on any atom is 0.190 e. The van der Waals surface area contributed by atoms with E-state index in [1.54, 1.807) is 0 Å². The Morgan fingerprint density at radius 3 is 2.76 bits per heavy atom. The molecule has 0 radical (unpaired) electrons. The highest BCUT2D eigenvalue weighted by Crippen LogP contribution is 2.43. The number of hydrogen-bond acceptors (Lipinski definition) is 1. The van der Waals surface area contributed by atoms with E-state index in [4.69, 9.17) is 11.0 Å². The molecule has 0 saturated heterocycles. The van der Waals surface area contributed by atoms with Crippen LogP contribution in [0.2, 0.25) is 0 Å². The summed E-state index contributed by atoms with van der Waals surface area (Å²) in [6.45, 7) is 7.02. The van der Waals surface area contributed by atoms with Crippen molar-refractivity contribution in [3.05, 3.63) is 39.8 Å². The van der Waals surface area contributed by atoms with E-state index in [0.29, 0.717) is 11.6 Å². The molecule has 0 bridgehead atoms. The van der Waals surface area contributed by atoms with Crippen molar-refractivity contribution < 1.29 is 4.42 Å². The standard InChI is InChI=1S/C14H12BrNO/c1-16-10-6-7-11-12(8-10)17-14(15)13(11)9-4-2-3-5-9/h6-9H,2-5H2. The zero-order chi connectivity index (χ0) is 11.8. The molecule has 86 valence electrons. The van der Waals surface area contributed by atoms with Crippen molar-refractivity contribution in [3.63, 3.8) is 0 Å². The van der Waals surface area contributed by atoms with E-state index in [1.165, 1.54) is 31.2 Å². The lowest BCUT2D eigenvalue weighted by molar-refractivity contribution is 0.570. The second kappa shape index (κ2) is 4.19. The van der Waals surface area contributed by atoms with Crippen LogP contribution in [0.25, 0.3) is 15.8 Å². The molecule has 0 unspecified atom stereocenters. The predicted molar refractivity (Wildman–Crippen MR) is 71.4 cm³/mol. The first-order valence-corrected chi connectivity index (χ1v) is 6.68. The summed E-state index contributed by atoms with van der Waals surface area (Å²) in [7, 11) is 0. The van der Waals surface area contributed by atoms with Crippen LogP contribution in [-0.4, -0.2) is 0 Å². The summed E-state index contributed by atoms with van der Waals surface area (Å²) < 4.78 is 6.58. The zero-order valence-corrected chi connectivity index (χ0v) is 11.0. The molecule has 0 N–H and O–H groups in total. The van der Waals surface area contributed by atoms with E-state index < -0.39 is 0 Å². The topological polar surface area (TPSA) is 17.5 Å². The van der Waals surface area contributed by atoms with Gasteiger partial charge in [0.2, 0.25) is 0 Å². The zero-order valence-electron chi connectivity index (χ0n) is 9.37. The number of halogens is 1. The van der Waals surface area contributed by atoms with Crippen LogP contribution in [0.4, 0.5) is 5.69 Å². The van der Waals surface area contributed by atoms with Crippen molar-refractivity contribution in [2.24, 2.45) is 0 Å². The van der Waals surface area contributed by atoms with Gasteiger partial charge >= 0.3 is 0 Å². The Hall–Kier alpha value is -1.27. The summed E-state index contributed by atoms with van der Waals surface area (Å²) in [5.74, 6) is 0.615. The molecular formula is C14H12BrNO. The van der Waals surface area contributed by atoms with Gasteiger partial charge < -0.3 is 4.42 Å². The number of fused-ring (bicyclic) bond motifs is 1. The number of hydrogen-bond donors (Lipinski definition) is 0. The van der Waals surface area contributed by atoms with E-state index in [9.17, 15) is 0 Å². The third-order valence-corrected chi connectivity index (χ3v) is 4.15. The molecule has 1 aliphatic carbocycles. The van der Waals surface area contributed by atoms with Gasteiger partial charge in [-0.1, -0.05) is 25.0 Å². The Morgan fingerprint density at radius 2 is 2.06 bits per heavy atom. The molecule has 0 atom stereocenters. The van der Waals surface area contributed by atoms with Crippen LogP contribution in [0.5, 0.6) is 0 Å². The molecule has 1 fully saturated rings. The molecule has 0 spiro atoms. The SMILES string of the molecule is [C-]#[N+]c1ccc2c(C3CCCC3)c(Br)oc2c1. The van der Waals surface area contributed by atoms with Crippen LogP contribution in [0.3, 0.4) is 0 Å². The smallest absolute Gasteiger partial charge is 0.190 e. The van der Waals surface area contributed by atoms with Crippen molar-refractivity contribution in [3.8, 4) is 0 Å². The Kier molecular flexibility index (Phi) is 2.68. The lowest BCUT2D eigenvalue weighted by Crippen LogP contribution is -1.90. The van der Waals surface area contributed by atoms with E-state index in [-0.39, 0.29) is 0 Å². The Morgan fingerprint density at radius 1 is 1.29 bits per heavy atom. The van der Waals surface area contributed by atoms with Gasteiger partial charge in [0.05, 0.1) is 6.57 Å². The van der Waals surface area contributed by atoms with Gasteiger partial charge in [0.15, 0.2) is 10.4 Å². The van der Waals surface area contributed by atoms with Crippen molar-refractivity contribution in [2.45, 2.75) is 31.6 Å². The minimum Gasteiger partial charge on any atom is -0.450 e. The summed E-state index contributed by atoms with van der Waals surface area (Å²) in [4.78, 5) is 3.43. The summed E-state index contributed by atoms with van der Waals surface area (Å²) in [6, 6.07) is 5.71. The van der Waals surface area contributed by atoms with E-state index in [0.717, 1.165) is 15.6 Å². The number of rotatable bonds is 1. The molecule has 17 heavy (non-hydrogen) atoms. The lowest BCUT2D eigenvalue weighted by Gasteiger charge is -2.07. The summed E-state index contributed by atoms with van der Waals surface area (Å²) >= 11 is 3.52. The average molecular weight is 290 g/mol. The second-order valence-corrected chi connectivity index (χ2v) is 5.28. The predicted octanol–water partition coefficient (Wildman–Crippen LogP) is 5.40. The fraction of sp³-hybridized carbons (Fsp3) is 0.357. The highest BCUT2D eigenvalue weighted by Gasteiger charge is 2.24. The number of furan rings is 1. The van der Waals surface area contributed by atoms with Gasteiger partial charge in [-0.15, -0.1) is 0 Å².